The fraction of sp³-hybridized carbons (Fsp3) is 0.556. The number of aromatic hydroxyl groups is 1. The molecule has 1 saturated carbocycles. The van der Waals surface area contributed by atoms with Gasteiger partial charge in [0.2, 0.25) is 5.91 Å². The van der Waals surface area contributed by atoms with Gasteiger partial charge in [-0.25, -0.2) is 4.79 Å². The normalized spacial score (nSPS) is 16.0. The van der Waals surface area contributed by atoms with Gasteiger partial charge in [-0.3, -0.25) is 4.79 Å². The highest BCUT2D eigenvalue weighted by atomic mass is 16.3. The average Bonchev–Trinajstić information content (AvgIpc) is 2.60. The van der Waals surface area contributed by atoms with Crippen LogP contribution in [0.1, 0.15) is 50.2 Å². The van der Waals surface area contributed by atoms with Crippen molar-refractivity contribution in [1.82, 2.24) is 16.0 Å². The molecule has 1 fully saturated rings. The van der Waals surface area contributed by atoms with Crippen LogP contribution in [-0.4, -0.2) is 41.3 Å². The topological polar surface area (TPSA) is 111 Å². The Labute approximate surface area is 147 Å². The predicted octanol–water partition coefficient (Wildman–Crippen LogP) is 1.56. The number of phenolic OH excluding ortho intramolecular Hbond substituents is 1. The molecule has 1 aliphatic carbocycles. The fourth-order valence-corrected chi connectivity index (χ4v) is 2.94. The van der Waals surface area contributed by atoms with Gasteiger partial charge in [0.15, 0.2) is 0 Å². The Morgan fingerprint density at radius 1 is 1.16 bits per heavy atom. The number of rotatable bonds is 7. The zero-order valence-electron chi connectivity index (χ0n) is 14.3. The number of nitrogens with one attached hydrogen (secondary N) is 3. The van der Waals surface area contributed by atoms with Gasteiger partial charge in [-0.05, 0) is 30.5 Å². The first-order chi connectivity index (χ1) is 12.0. The van der Waals surface area contributed by atoms with Gasteiger partial charge in [0.1, 0.15) is 5.75 Å². The van der Waals surface area contributed by atoms with Crippen LogP contribution in [0.15, 0.2) is 24.3 Å². The lowest BCUT2D eigenvalue weighted by Gasteiger charge is -2.22. The molecule has 0 aromatic heterocycles. The molecule has 7 nitrogen and oxygen atoms in total. The summed E-state index contributed by atoms with van der Waals surface area (Å²) in [6, 6.07) is 6.07. The summed E-state index contributed by atoms with van der Waals surface area (Å²) in [6.45, 7) is 0.260. The molecule has 25 heavy (non-hydrogen) atoms. The number of carbonyl (C=O) groups is 2. The zero-order valence-corrected chi connectivity index (χ0v) is 14.3. The number of aliphatic hydroxyl groups excluding tert-OH is 1. The van der Waals surface area contributed by atoms with Gasteiger partial charge in [0, 0.05) is 25.6 Å². The number of urea groups is 1. The van der Waals surface area contributed by atoms with Crippen molar-refractivity contribution in [3.8, 4) is 5.75 Å². The predicted molar refractivity (Wildman–Crippen MR) is 94.1 cm³/mol. The van der Waals surface area contributed by atoms with Crippen LogP contribution in [0.3, 0.4) is 0 Å². The van der Waals surface area contributed by atoms with Gasteiger partial charge in [0.25, 0.3) is 0 Å². The SMILES string of the molecule is O=C(CCNC(=O)NC[C@H](O)c1cccc(O)c1)NC1CCCCC1. The summed E-state index contributed by atoms with van der Waals surface area (Å²) in [5.41, 5.74) is 0.521. The molecule has 7 heteroatoms. The fourth-order valence-electron chi connectivity index (χ4n) is 2.94. The van der Waals surface area contributed by atoms with E-state index in [1.54, 1.807) is 12.1 Å². The lowest BCUT2D eigenvalue weighted by Crippen LogP contribution is -2.41. The number of carbonyl (C=O) groups excluding carboxylic acids is 2. The molecule has 0 unspecified atom stereocenters. The molecule has 138 valence electrons. The molecule has 5 N–H and O–H groups in total. The van der Waals surface area contributed by atoms with Crippen molar-refractivity contribution >= 4 is 11.9 Å². The van der Waals surface area contributed by atoms with Gasteiger partial charge in [-0.15, -0.1) is 0 Å². The smallest absolute Gasteiger partial charge is 0.314 e. The van der Waals surface area contributed by atoms with Crippen molar-refractivity contribution in [2.75, 3.05) is 13.1 Å². The van der Waals surface area contributed by atoms with E-state index < -0.39 is 12.1 Å². The van der Waals surface area contributed by atoms with E-state index in [4.69, 9.17) is 0 Å². The standard InChI is InChI=1S/C18H27N3O4/c22-15-8-4-5-13(11-15)16(23)12-20-18(25)19-10-9-17(24)21-14-6-2-1-3-7-14/h4-5,8,11,14,16,22-23H,1-3,6-7,9-10,12H2,(H,21,24)(H2,19,20,25)/t16-/m0/s1. The van der Waals surface area contributed by atoms with Crippen LogP contribution in [0.4, 0.5) is 4.79 Å². The summed E-state index contributed by atoms with van der Waals surface area (Å²) in [6.07, 6.45) is 4.95. The summed E-state index contributed by atoms with van der Waals surface area (Å²) in [5.74, 6) is 0.0111. The van der Waals surface area contributed by atoms with Gasteiger partial charge >= 0.3 is 6.03 Å². The average molecular weight is 349 g/mol. The third kappa shape index (κ3) is 7.01. The van der Waals surface area contributed by atoms with E-state index >= 15 is 0 Å². The second-order valence-electron chi connectivity index (χ2n) is 6.40. The maximum atomic E-state index is 11.8. The number of hydrogen-bond acceptors (Lipinski definition) is 4. The maximum absolute atomic E-state index is 11.8. The number of hydrogen-bond donors (Lipinski definition) is 5. The molecule has 1 atom stereocenters. The Balaban J connectivity index is 1.59. The summed E-state index contributed by atoms with van der Waals surface area (Å²) < 4.78 is 0. The van der Waals surface area contributed by atoms with Crippen LogP contribution in [-0.2, 0) is 4.79 Å². The van der Waals surface area contributed by atoms with Gasteiger partial charge in [-0.1, -0.05) is 31.4 Å². The van der Waals surface area contributed by atoms with Crippen molar-refractivity contribution in [1.29, 1.82) is 0 Å². The summed E-state index contributed by atoms with van der Waals surface area (Å²) in [4.78, 5) is 23.5. The van der Waals surface area contributed by atoms with Crippen LogP contribution in [0.2, 0.25) is 0 Å². The molecule has 3 amide bonds. The van der Waals surface area contributed by atoms with E-state index in [1.165, 1.54) is 18.6 Å². The first kappa shape index (κ1) is 19.1. The molecular weight excluding hydrogens is 322 g/mol. The van der Waals surface area contributed by atoms with Crippen LogP contribution in [0, 0.1) is 0 Å². The van der Waals surface area contributed by atoms with Crippen molar-refractivity contribution in [3.63, 3.8) is 0 Å². The molecule has 1 aliphatic rings. The van der Waals surface area contributed by atoms with Gasteiger partial charge < -0.3 is 26.2 Å². The Kier molecular flexibility index (Phi) is 7.53. The zero-order chi connectivity index (χ0) is 18.1. The van der Waals surface area contributed by atoms with E-state index in [9.17, 15) is 19.8 Å². The van der Waals surface area contributed by atoms with E-state index in [1.807, 2.05) is 0 Å². The molecule has 0 saturated heterocycles. The highest BCUT2D eigenvalue weighted by Crippen LogP contribution is 2.18. The molecule has 0 radical (unpaired) electrons. The maximum Gasteiger partial charge on any atom is 0.314 e. The minimum Gasteiger partial charge on any atom is -0.508 e. The Bertz CT molecular complexity index is 573. The van der Waals surface area contributed by atoms with Crippen molar-refractivity contribution < 1.29 is 19.8 Å². The number of amides is 3. The van der Waals surface area contributed by atoms with Crippen molar-refractivity contribution in [2.24, 2.45) is 0 Å². The van der Waals surface area contributed by atoms with Crippen molar-refractivity contribution in [3.05, 3.63) is 29.8 Å². The molecule has 0 bridgehead atoms. The minimum absolute atomic E-state index is 0.0174. The molecular formula is C18H27N3O4. The van der Waals surface area contributed by atoms with Crippen LogP contribution < -0.4 is 16.0 Å². The van der Waals surface area contributed by atoms with E-state index in [0.717, 1.165) is 25.7 Å². The quantitative estimate of drug-likeness (QED) is 0.514. The second kappa shape index (κ2) is 9.88. The Morgan fingerprint density at radius 2 is 1.92 bits per heavy atom. The highest BCUT2D eigenvalue weighted by Gasteiger charge is 2.15. The van der Waals surface area contributed by atoms with E-state index in [2.05, 4.69) is 16.0 Å². The molecule has 0 spiro atoms. The van der Waals surface area contributed by atoms with Gasteiger partial charge in [0.05, 0.1) is 6.10 Å². The lowest BCUT2D eigenvalue weighted by molar-refractivity contribution is -0.121. The Morgan fingerprint density at radius 3 is 2.64 bits per heavy atom. The number of benzene rings is 1. The molecule has 1 aromatic rings. The summed E-state index contributed by atoms with van der Waals surface area (Å²) in [5, 5.41) is 27.5. The summed E-state index contributed by atoms with van der Waals surface area (Å²) >= 11 is 0. The lowest BCUT2D eigenvalue weighted by atomic mass is 9.95. The first-order valence-corrected chi connectivity index (χ1v) is 8.82. The number of aliphatic hydroxyl groups is 1. The second-order valence-corrected chi connectivity index (χ2v) is 6.40. The minimum atomic E-state index is -0.910. The highest BCUT2D eigenvalue weighted by molar-refractivity contribution is 5.78. The number of phenols is 1. The Hall–Kier alpha value is -2.28. The van der Waals surface area contributed by atoms with Crippen LogP contribution in [0.5, 0.6) is 5.75 Å². The third-order valence-corrected chi connectivity index (χ3v) is 4.32. The monoisotopic (exact) mass is 349 g/mol. The largest absolute Gasteiger partial charge is 0.508 e. The third-order valence-electron chi connectivity index (χ3n) is 4.32. The first-order valence-electron chi connectivity index (χ1n) is 8.82. The molecule has 0 heterocycles. The van der Waals surface area contributed by atoms with E-state index in [-0.39, 0.29) is 37.2 Å². The van der Waals surface area contributed by atoms with Crippen LogP contribution >= 0.6 is 0 Å². The van der Waals surface area contributed by atoms with Crippen molar-refractivity contribution in [2.45, 2.75) is 50.7 Å². The van der Waals surface area contributed by atoms with Crippen LogP contribution in [0.25, 0.3) is 0 Å². The van der Waals surface area contributed by atoms with E-state index in [0.29, 0.717) is 5.56 Å². The molecule has 2 rings (SSSR count). The van der Waals surface area contributed by atoms with Gasteiger partial charge in [-0.2, -0.15) is 0 Å². The molecule has 0 aliphatic heterocycles. The molecule has 1 aromatic carbocycles. The summed E-state index contributed by atoms with van der Waals surface area (Å²) in [7, 11) is 0.